The van der Waals surface area contributed by atoms with Crippen molar-refractivity contribution in [2.24, 2.45) is 0 Å². The van der Waals surface area contributed by atoms with Gasteiger partial charge in [0.15, 0.2) is 0 Å². The second-order valence-electron chi connectivity index (χ2n) is 5.60. The van der Waals surface area contributed by atoms with E-state index in [2.05, 4.69) is 23.5 Å². The number of fused-ring (bicyclic) bond motifs is 1. The maximum absolute atomic E-state index is 13.2. The van der Waals surface area contributed by atoms with Crippen molar-refractivity contribution in [3.8, 4) is 0 Å². The summed E-state index contributed by atoms with van der Waals surface area (Å²) >= 11 is 0. The molecule has 1 aliphatic carbocycles. The van der Waals surface area contributed by atoms with Gasteiger partial charge in [-0.1, -0.05) is 24.3 Å². The van der Waals surface area contributed by atoms with Crippen molar-refractivity contribution >= 4 is 5.69 Å². The molecule has 2 aromatic carbocycles. The minimum atomic E-state index is -0.708. The fraction of sp³-hybridized carbons (Fsp3) is 0.333. The first-order valence-electron chi connectivity index (χ1n) is 7.52. The third-order valence-corrected chi connectivity index (χ3v) is 4.12. The van der Waals surface area contributed by atoms with Crippen molar-refractivity contribution in [1.82, 2.24) is 0 Å². The van der Waals surface area contributed by atoms with Crippen LogP contribution in [0.25, 0.3) is 0 Å². The average Bonchev–Trinajstić information content (AvgIpc) is 2.52. The fourth-order valence-corrected chi connectivity index (χ4v) is 2.99. The van der Waals surface area contributed by atoms with Gasteiger partial charge in [-0.15, -0.1) is 0 Å². The predicted molar refractivity (Wildman–Crippen MR) is 82.9 cm³/mol. The van der Waals surface area contributed by atoms with Crippen LogP contribution in [0.15, 0.2) is 42.5 Å². The second kappa shape index (κ2) is 6.27. The summed E-state index contributed by atoms with van der Waals surface area (Å²) in [4.78, 5) is 0. The van der Waals surface area contributed by atoms with Crippen LogP contribution < -0.4 is 5.32 Å². The van der Waals surface area contributed by atoms with Crippen LogP contribution in [0.2, 0.25) is 0 Å². The van der Waals surface area contributed by atoms with Crippen molar-refractivity contribution in [2.75, 3.05) is 11.9 Å². The molecule has 0 spiro atoms. The molecule has 1 aliphatic rings. The molecule has 3 heteroatoms. The molecule has 0 saturated carbocycles. The van der Waals surface area contributed by atoms with E-state index in [0.29, 0.717) is 12.1 Å². The van der Waals surface area contributed by atoms with Gasteiger partial charge < -0.3 is 10.4 Å². The Kier molecular flexibility index (Phi) is 4.20. The Morgan fingerprint density at radius 2 is 1.90 bits per heavy atom. The van der Waals surface area contributed by atoms with Gasteiger partial charge >= 0.3 is 0 Å². The number of aryl methyl sites for hydroxylation is 1. The summed E-state index contributed by atoms with van der Waals surface area (Å²) in [5, 5.41) is 13.5. The number of benzene rings is 2. The van der Waals surface area contributed by atoms with E-state index in [-0.39, 0.29) is 5.82 Å². The third-order valence-electron chi connectivity index (χ3n) is 4.12. The van der Waals surface area contributed by atoms with Gasteiger partial charge in [0.25, 0.3) is 0 Å². The Morgan fingerprint density at radius 1 is 1.10 bits per heavy atom. The predicted octanol–water partition coefficient (Wildman–Crippen LogP) is 3.85. The van der Waals surface area contributed by atoms with E-state index in [4.69, 9.17) is 0 Å². The summed E-state index contributed by atoms with van der Waals surface area (Å²) in [5.41, 5.74) is 4.48. The number of aliphatic hydroxyl groups excluding tert-OH is 1. The van der Waals surface area contributed by atoms with E-state index >= 15 is 0 Å². The Balaban J connectivity index is 1.70. The van der Waals surface area contributed by atoms with Crippen LogP contribution in [0.1, 0.15) is 35.6 Å². The van der Waals surface area contributed by atoms with Crippen LogP contribution in [0.4, 0.5) is 10.1 Å². The molecule has 3 rings (SSSR count). The standard InChI is InChI=1S/C18H20FNO/c19-15-8-3-7-14(11-15)18(21)12-20-17-10-4-6-13-5-1-2-9-16(13)17/h3-4,6-8,10-11,18,20-21H,1-2,5,9,12H2. The smallest absolute Gasteiger partial charge is 0.123 e. The van der Waals surface area contributed by atoms with Crippen molar-refractivity contribution in [3.05, 3.63) is 65.0 Å². The Bertz CT molecular complexity index is 626. The highest BCUT2D eigenvalue weighted by Gasteiger charge is 2.14. The number of halogens is 1. The van der Waals surface area contributed by atoms with Gasteiger partial charge in [-0.05, 0) is 60.6 Å². The number of hydrogen-bond donors (Lipinski definition) is 2. The number of hydrogen-bond acceptors (Lipinski definition) is 2. The van der Waals surface area contributed by atoms with Crippen LogP contribution in [0.5, 0.6) is 0 Å². The Morgan fingerprint density at radius 3 is 2.76 bits per heavy atom. The Hall–Kier alpha value is -1.87. The lowest BCUT2D eigenvalue weighted by molar-refractivity contribution is 0.191. The summed E-state index contributed by atoms with van der Waals surface area (Å²) in [7, 11) is 0. The molecule has 0 saturated heterocycles. The Labute approximate surface area is 124 Å². The largest absolute Gasteiger partial charge is 0.387 e. The molecular formula is C18H20FNO. The molecule has 21 heavy (non-hydrogen) atoms. The zero-order valence-corrected chi connectivity index (χ0v) is 12.0. The maximum atomic E-state index is 13.2. The topological polar surface area (TPSA) is 32.3 Å². The summed E-state index contributed by atoms with van der Waals surface area (Å²) < 4.78 is 13.2. The molecule has 0 bridgehead atoms. The van der Waals surface area contributed by atoms with Gasteiger partial charge in [0.05, 0.1) is 6.10 Å². The van der Waals surface area contributed by atoms with E-state index < -0.39 is 6.10 Å². The molecule has 0 radical (unpaired) electrons. The van der Waals surface area contributed by atoms with E-state index in [1.807, 2.05) is 0 Å². The highest BCUT2D eigenvalue weighted by Crippen LogP contribution is 2.28. The zero-order chi connectivity index (χ0) is 14.7. The van der Waals surface area contributed by atoms with E-state index in [1.54, 1.807) is 12.1 Å². The minimum Gasteiger partial charge on any atom is -0.387 e. The molecule has 1 atom stereocenters. The maximum Gasteiger partial charge on any atom is 0.123 e. The molecule has 2 aromatic rings. The molecule has 1 unspecified atom stereocenters. The van der Waals surface area contributed by atoms with Gasteiger partial charge in [-0.25, -0.2) is 4.39 Å². The minimum absolute atomic E-state index is 0.316. The van der Waals surface area contributed by atoms with Crippen molar-refractivity contribution in [2.45, 2.75) is 31.8 Å². The lowest BCUT2D eigenvalue weighted by Crippen LogP contribution is -2.15. The van der Waals surface area contributed by atoms with E-state index in [9.17, 15) is 9.50 Å². The van der Waals surface area contributed by atoms with Crippen LogP contribution in [-0.4, -0.2) is 11.7 Å². The van der Waals surface area contributed by atoms with Gasteiger partial charge in [-0.3, -0.25) is 0 Å². The first-order valence-corrected chi connectivity index (χ1v) is 7.52. The lowest BCUT2D eigenvalue weighted by Gasteiger charge is -2.21. The van der Waals surface area contributed by atoms with E-state index in [1.165, 1.54) is 36.1 Å². The molecule has 2 nitrogen and oxygen atoms in total. The van der Waals surface area contributed by atoms with Gasteiger partial charge in [0, 0.05) is 12.2 Å². The summed E-state index contributed by atoms with van der Waals surface area (Å²) in [6.45, 7) is 0.389. The lowest BCUT2D eigenvalue weighted by atomic mass is 9.90. The highest BCUT2D eigenvalue weighted by atomic mass is 19.1. The van der Waals surface area contributed by atoms with Crippen molar-refractivity contribution in [1.29, 1.82) is 0 Å². The molecule has 110 valence electrons. The van der Waals surface area contributed by atoms with Crippen LogP contribution in [0, 0.1) is 5.82 Å². The van der Waals surface area contributed by atoms with Gasteiger partial charge in [0.2, 0.25) is 0 Å². The van der Waals surface area contributed by atoms with E-state index in [0.717, 1.165) is 18.5 Å². The number of anilines is 1. The first kappa shape index (κ1) is 14.1. The monoisotopic (exact) mass is 285 g/mol. The molecule has 2 N–H and O–H groups in total. The SMILES string of the molecule is OC(CNc1cccc2c1CCCC2)c1cccc(F)c1. The van der Waals surface area contributed by atoms with Crippen molar-refractivity contribution in [3.63, 3.8) is 0 Å². The fourth-order valence-electron chi connectivity index (χ4n) is 2.99. The van der Waals surface area contributed by atoms with Crippen LogP contribution >= 0.6 is 0 Å². The van der Waals surface area contributed by atoms with Crippen molar-refractivity contribution < 1.29 is 9.50 Å². The van der Waals surface area contributed by atoms with Gasteiger partial charge in [0.1, 0.15) is 5.82 Å². The van der Waals surface area contributed by atoms with Crippen LogP contribution in [-0.2, 0) is 12.8 Å². The molecule has 0 heterocycles. The second-order valence-corrected chi connectivity index (χ2v) is 5.60. The molecule has 0 amide bonds. The van der Waals surface area contributed by atoms with Crippen LogP contribution in [0.3, 0.4) is 0 Å². The summed E-state index contributed by atoms with van der Waals surface area (Å²) in [6.07, 6.45) is 3.99. The van der Waals surface area contributed by atoms with Gasteiger partial charge in [-0.2, -0.15) is 0 Å². The molecule has 0 aromatic heterocycles. The number of aliphatic hydroxyl groups is 1. The summed E-state index contributed by atoms with van der Waals surface area (Å²) in [5.74, 6) is -0.316. The third kappa shape index (κ3) is 3.24. The number of rotatable bonds is 4. The first-order chi connectivity index (χ1) is 10.2. The zero-order valence-electron chi connectivity index (χ0n) is 12.0. The highest BCUT2D eigenvalue weighted by molar-refractivity contribution is 5.55. The average molecular weight is 285 g/mol. The number of nitrogens with one attached hydrogen (secondary N) is 1. The molecular weight excluding hydrogens is 265 g/mol. The molecule has 0 fully saturated rings. The molecule has 0 aliphatic heterocycles. The normalized spacial score (nSPS) is 15.3. The summed E-state index contributed by atoms with van der Waals surface area (Å²) in [6, 6.07) is 12.4. The quantitative estimate of drug-likeness (QED) is 0.894.